The molecule has 0 saturated carbocycles. The highest BCUT2D eigenvalue weighted by atomic mass is 35.5. The van der Waals surface area contributed by atoms with Gasteiger partial charge in [0.05, 0.1) is 17.5 Å². The van der Waals surface area contributed by atoms with Gasteiger partial charge in [0.1, 0.15) is 0 Å². The van der Waals surface area contributed by atoms with E-state index in [-0.39, 0.29) is 5.91 Å². The SMILES string of the molecule is CC(O)CN(C)CCC(=O)Nc1cc(Cl)ccc1N. The van der Waals surface area contributed by atoms with Crippen molar-refractivity contribution in [1.29, 1.82) is 0 Å². The summed E-state index contributed by atoms with van der Waals surface area (Å²) in [4.78, 5) is 13.7. The molecule has 0 aliphatic heterocycles. The zero-order chi connectivity index (χ0) is 14.4. The third kappa shape index (κ3) is 5.92. The van der Waals surface area contributed by atoms with Crippen LogP contribution in [0, 0.1) is 0 Å². The van der Waals surface area contributed by atoms with Crippen LogP contribution in [0.2, 0.25) is 5.02 Å². The molecule has 1 rings (SSSR count). The van der Waals surface area contributed by atoms with Gasteiger partial charge in [-0.2, -0.15) is 0 Å². The molecule has 0 aromatic heterocycles. The average molecular weight is 286 g/mol. The van der Waals surface area contributed by atoms with E-state index in [1.165, 1.54) is 0 Å². The van der Waals surface area contributed by atoms with Gasteiger partial charge < -0.3 is 21.1 Å². The molecule has 1 amide bonds. The first-order valence-corrected chi connectivity index (χ1v) is 6.47. The zero-order valence-electron chi connectivity index (χ0n) is 11.2. The number of carbonyl (C=O) groups excluding carboxylic acids is 1. The van der Waals surface area contributed by atoms with Crippen molar-refractivity contribution >= 4 is 28.9 Å². The first-order chi connectivity index (χ1) is 8.88. The molecule has 1 unspecified atom stereocenters. The Bertz CT molecular complexity index is 438. The predicted octanol–water partition coefficient (Wildman–Crippen LogP) is 1.56. The molecule has 4 N–H and O–H groups in total. The van der Waals surface area contributed by atoms with Gasteiger partial charge in [-0.15, -0.1) is 0 Å². The average Bonchev–Trinajstić information content (AvgIpc) is 2.30. The van der Waals surface area contributed by atoms with E-state index in [1.807, 2.05) is 11.9 Å². The van der Waals surface area contributed by atoms with E-state index >= 15 is 0 Å². The number of anilines is 2. The number of nitrogens with two attached hydrogens (primary N) is 1. The molecule has 0 aliphatic carbocycles. The Morgan fingerprint density at radius 1 is 1.58 bits per heavy atom. The van der Waals surface area contributed by atoms with Gasteiger partial charge in [0.2, 0.25) is 5.91 Å². The molecule has 1 aromatic rings. The highest BCUT2D eigenvalue weighted by Gasteiger charge is 2.08. The van der Waals surface area contributed by atoms with Crippen molar-refractivity contribution in [2.45, 2.75) is 19.4 Å². The second kappa shape index (κ2) is 7.33. The van der Waals surface area contributed by atoms with Crippen molar-refractivity contribution in [3.8, 4) is 0 Å². The number of amides is 1. The molecule has 1 atom stereocenters. The lowest BCUT2D eigenvalue weighted by molar-refractivity contribution is -0.116. The van der Waals surface area contributed by atoms with Crippen LogP contribution in [0.5, 0.6) is 0 Å². The molecular formula is C13H20ClN3O2. The largest absolute Gasteiger partial charge is 0.397 e. The maximum atomic E-state index is 11.8. The molecule has 1 aromatic carbocycles. The summed E-state index contributed by atoms with van der Waals surface area (Å²) >= 11 is 5.84. The van der Waals surface area contributed by atoms with Crippen LogP contribution in [-0.2, 0) is 4.79 Å². The molecule has 5 nitrogen and oxygen atoms in total. The summed E-state index contributed by atoms with van der Waals surface area (Å²) in [5, 5.41) is 12.5. The summed E-state index contributed by atoms with van der Waals surface area (Å²) in [5.74, 6) is -0.133. The number of hydrogen-bond donors (Lipinski definition) is 3. The van der Waals surface area contributed by atoms with Crippen LogP contribution in [0.25, 0.3) is 0 Å². The Kier molecular flexibility index (Phi) is 6.08. The highest BCUT2D eigenvalue weighted by molar-refractivity contribution is 6.31. The maximum absolute atomic E-state index is 11.8. The van der Waals surface area contributed by atoms with Crippen LogP contribution in [0.4, 0.5) is 11.4 Å². The van der Waals surface area contributed by atoms with E-state index in [0.717, 1.165) is 0 Å². The molecule has 0 radical (unpaired) electrons. The Morgan fingerprint density at radius 2 is 2.26 bits per heavy atom. The van der Waals surface area contributed by atoms with Crippen LogP contribution >= 0.6 is 11.6 Å². The van der Waals surface area contributed by atoms with Crippen LogP contribution < -0.4 is 11.1 Å². The quantitative estimate of drug-likeness (QED) is 0.693. The number of nitrogens with one attached hydrogen (secondary N) is 1. The van der Waals surface area contributed by atoms with E-state index in [0.29, 0.717) is 35.9 Å². The monoisotopic (exact) mass is 285 g/mol. The van der Waals surface area contributed by atoms with Crippen LogP contribution in [0.1, 0.15) is 13.3 Å². The van der Waals surface area contributed by atoms with Gasteiger partial charge >= 0.3 is 0 Å². The predicted molar refractivity (Wildman–Crippen MR) is 78.3 cm³/mol. The first kappa shape index (κ1) is 15.8. The molecule has 6 heteroatoms. The van der Waals surface area contributed by atoms with Crippen molar-refractivity contribution < 1.29 is 9.90 Å². The fraction of sp³-hybridized carbons (Fsp3) is 0.462. The van der Waals surface area contributed by atoms with Gasteiger partial charge in [0.15, 0.2) is 0 Å². The summed E-state index contributed by atoms with van der Waals surface area (Å²) < 4.78 is 0. The number of carbonyl (C=O) groups is 1. The van der Waals surface area contributed by atoms with Gasteiger partial charge in [-0.25, -0.2) is 0 Å². The Labute approximate surface area is 118 Å². The molecule has 19 heavy (non-hydrogen) atoms. The Balaban J connectivity index is 2.45. The lowest BCUT2D eigenvalue weighted by atomic mass is 10.2. The van der Waals surface area contributed by atoms with Gasteiger partial charge in [-0.1, -0.05) is 11.6 Å². The number of aliphatic hydroxyl groups excluding tert-OH is 1. The lowest BCUT2D eigenvalue weighted by Crippen LogP contribution is -2.30. The number of aliphatic hydroxyl groups is 1. The third-order valence-corrected chi connectivity index (χ3v) is 2.82. The Hall–Kier alpha value is -1.30. The molecule has 0 spiro atoms. The highest BCUT2D eigenvalue weighted by Crippen LogP contribution is 2.22. The van der Waals surface area contributed by atoms with Gasteiger partial charge in [0.25, 0.3) is 0 Å². The van der Waals surface area contributed by atoms with Crippen molar-refractivity contribution in [2.24, 2.45) is 0 Å². The molecule has 0 fully saturated rings. The number of nitrogen functional groups attached to an aromatic ring is 1. The van der Waals surface area contributed by atoms with Crippen LogP contribution in [0.3, 0.4) is 0 Å². The molecule has 0 saturated heterocycles. The Morgan fingerprint density at radius 3 is 2.89 bits per heavy atom. The molecule has 0 aliphatic rings. The summed E-state index contributed by atoms with van der Waals surface area (Å²) in [7, 11) is 1.85. The van der Waals surface area contributed by atoms with E-state index < -0.39 is 6.10 Å². The lowest BCUT2D eigenvalue weighted by Gasteiger charge is -2.18. The number of hydrogen-bond acceptors (Lipinski definition) is 4. The second-order valence-corrected chi connectivity index (χ2v) is 5.08. The molecule has 0 heterocycles. The fourth-order valence-corrected chi connectivity index (χ4v) is 1.86. The zero-order valence-corrected chi connectivity index (χ0v) is 11.9. The topological polar surface area (TPSA) is 78.6 Å². The second-order valence-electron chi connectivity index (χ2n) is 4.64. The van der Waals surface area contributed by atoms with Gasteiger partial charge in [0, 0.05) is 24.5 Å². The summed E-state index contributed by atoms with van der Waals surface area (Å²) in [6.45, 7) is 2.81. The van der Waals surface area contributed by atoms with Gasteiger partial charge in [-0.3, -0.25) is 4.79 Å². The van der Waals surface area contributed by atoms with E-state index in [4.69, 9.17) is 17.3 Å². The van der Waals surface area contributed by atoms with Crippen molar-refractivity contribution in [3.05, 3.63) is 23.2 Å². The summed E-state index contributed by atoms with van der Waals surface area (Å²) in [5.41, 5.74) is 6.75. The third-order valence-electron chi connectivity index (χ3n) is 2.59. The maximum Gasteiger partial charge on any atom is 0.225 e. The standard InChI is InChI=1S/C13H20ClN3O2/c1-9(18)8-17(2)6-5-13(19)16-12-7-10(14)3-4-11(12)15/h3-4,7,9,18H,5-6,8,15H2,1-2H3,(H,16,19). The molecule has 106 valence electrons. The number of benzene rings is 1. The smallest absolute Gasteiger partial charge is 0.225 e. The van der Waals surface area contributed by atoms with Crippen molar-refractivity contribution in [3.63, 3.8) is 0 Å². The summed E-state index contributed by atoms with van der Waals surface area (Å²) in [6, 6.07) is 4.94. The minimum absolute atomic E-state index is 0.133. The van der Waals surface area contributed by atoms with E-state index in [9.17, 15) is 9.90 Å². The minimum atomic E-state index is -0.406. The van der Waals surface area contributed by atoms with E-state index in [1.54, 1.807) is 25.1 Å². The van der Waals surface area contributed by atoms with Crippen LogP contribution in [0.15, 0.2) is 18.2 Å². The van der Waals surface area contributed by atoms with Crippen molar-refractivity contribution in [2.75, 3.05) is 31.2 Å². The fourth-order valence-electron chi connectivity index (χ4n) is 1.68. The number of halogens is 1. The molecule has 0 bridgehead atoms. The summed E-state index contributed by atoms with van der Waals surface area (Å²) in [6.07, 6.45) is -0.0773. The van der Waals surface area contributed by atoms with Crippen LogP contribution in [-0.4, -0.2) is 42.2 Å². The van der Waals surface area contributed by atoms with Gasteiger partial charge in [-0.05, 0) is 32.2 Å². The normalized spacial score (nSPS) is 12.5. The number of rotatable bonds is 6. The molecular weight excluding hydrogens is 266 g/mol. The van der Waals surface area contributed by atoms with E-state index in [2.05, 4.69) is 5.32 Å². The minimum Gasteiger partial charge on any atom is -0.397 e. The first-order valence-electron chi connectivity index (χ1n) is 6.10. The number of nitrogens with zero attached hydrogens (tertiary/aromatic N) is 1. The number of likely N-dealkylation sites (N-methyl/N-ethyl adjacent to an activating group) is 1. The van der Waals surface area contributed by atoms with Crippen molar-refractivity contribution in [1.82, 2.24) is 4.90 Å².